The Bertz CT molecular complexity index is 959. The second-order valence-electron chi connectivity index (χ2n) is 10.0. The van der Waals surface area contributed by atoms with Crippen molar-refractivity contribution in [3.8, 4) is 0 Å². The maximum Gasteiger partial charge on any atom is 0.256 e. The summed E-state index contributed by atoms with van der Waals surface area (Å²) in [5.41, 5.74) is 1.83. The normalized spacial score (nSPS) is 14.0. The molecular formula is C29H41ClN4O2. The predicted octanol–water partition coefficient (Wildman–Crippen LogP) is 5.74. The van der Waals surface area contributed by atoms with Crippen molar-refractivity contribution in [2.75, 3.05) is 38.6 Å². The number of carbonyl (C=O) groups excluding carboxylic acids is 2. The molecule has 1 fully saturated rings. The third-order valence-electron chi connectivity index (χ3n) is 6.98. The molecule has 0 spiro atoms. The van der Waals surface area contributed by atoms with E-state index in [0.717, 1.165) is 70.4 Å². The van der Waals surface area contributed by atoms with Gasteiger partial charge in [0, 0.05) is 40.2 Å². The Labute approximate surface area is 221 Å². The van der Waals surface area contributed by atoms with E-state index in [1.807, 2.05) is 6.07 Å². The Balaban J connectivity index is 1.23. The Morgan fingerprint density at radius 3 is 2.42 bits per heavy atom. The van der Waals surface area contributed by atoms with Gasteiger partial charge in [-0.2, -0.15) is 0 Å². The number of aryl methyl sites for hydroxylation is 1. The van der Waals surface area contributed by atoms with Crippen LogP contribution in [0.15, 0.2) is 42.5 Å². The van der Waals surface area contributed by atoms with E-state index >= 15 is 0 Å². The van der Waals surface area contributed by atoms with E-state index in [1.165, 1.54) is 23.3 Å². The summed E-state index contributed by atoms with van der Waals surface area (Å²) in [6.45, 7) is 2.64. The molecule has 1 aromatic carbocycles. The first-order valence-electron chi connectivity index (χ1n) is 13.4. The number of nitrogens with one attached hydrogen (secondary N) is 1. The lowest BCUT2D eigenvalue weighted by molar-refractivity contribution is -0.121. The van der Waals surface area contributed by atoms with Gasteiger partial charge in [-0.05, 0) is 68.6 Å². The fraction of sp³-hybridized carbons (Fsp3) is 0.552. The summed E-state index contributed by atoms with van der Waals surface area (Å²) >= 11 is 6.28. The highest BCUT2D eigenvalue weighted by Gasteiger charge is 2.22. The van der Waals surface area contributed by atoms with Crippen LogP contribution < -0.4 is 10.2 Å². The van der Waals surface area contributed by atoms with E-state index in [0.29, 0.717) is 17.9 Å². The maximum atomic E-state index is 12.2. The van der Waals surface area contributed by atoms with Crippen LogP contribution in [0.3, 0.4) is 0 Å². The van der Waals surface area contributed by atoms with E-state index in [9.17, 15) is 9.59 Å². The lowest BCUT2D eigenvalue weighted by Gasteiger charge is -2.33. The quantitative estimate of drug-likeness (QED) is 0.274. The molecule has 196 valence electrons. The molecule has 36 heavy (non-hydrogen) atoms. The van der Waals surface area contributed by atoms with Gasteiger partial charge in [0.25, 0.3) is 5.91 Å². The zero-order valence-corrected chi connectivity index (χ0v) is 22.6. The number of nitrogens with zero attached hydrogens (tertiary/aromatic N) is 3. The molecule has 0 radical (unpaired) electrons. The molecule has 0 atom stereocenters. The number of amides is 2. The molecule has 2 heterocycles. The number of hydrogen-bond acceptors (Lipinski definition) is 4. The maximum absolute atomic E-state index is 12.2. The molecule has 1 aliphatic heterocycles. The van der Waals surface area contributed by atoms with Crippen LogP contribution in [-0.2, 0) is 11.2 Å². The summed E-state index contributed by atoms with van der Waals surface area (Å²) in [5.74, 6) is 1.56. The number of aromatic nitrogens is 1. The Morgan fingerprint density at radius 1 is 1.00 bits per heavy atom. The molecule has 1 saturated heterocycles. The molecule has 2 aromatic rings. The zero-order valence-electron chi connectivity index (χ0n) is 21.8. The van der Waals surface area contributed by atoms with Gasteiger partial charge < -0.3 is 15.1 Å². The van der Waals surface area contributed by atoms with Gasteiger partial charge in [0.15, 0.2) is 0 Å². The first-order valence-corrected chi connectivity index (χ1v) is 13.8. The average molecular weight is 513 g/mol. The summed E-state index contributed by atoms with van der Waals surface area (Å²) in [4.78, 5) is 32.5. The molecule has 1 aliphatic rings. The van der Waals surface area contributed by atoms with E-state index in [-0.39, 0.29) is 17.0 Å². The van der Waals surface area contributed by atoms with Crippen LogP contribution in [0.1, 0.15) is 73.7 Å². The van der Waals surface area contributed by atoms with Gasteiger partial charge >= 0.3 is 0 Å². The second kappa shape index (κ2) is 14.8. The van der Waals surface area contributed by atoms with Crippen LogP contribution in [0.4, 0.5) is 5.82 Å². The van der Waals surface area contributed by atoms with Crippen molar-refractivity contribution < 1.29 is 9.59 Å². The molecule has 1 aromatic heterocycles. The Hall–Kier alpha value is -2.60. The van der Waals surface area contributed by atoms with Crippen LogP contribution in [0.5, 0.6) is 0 Å². The van der Waals surface area contributed by atoms with Crippen LogP contribution >= 0.6 is 11.6 Å². The molecule has 7 heteroatoms. The van der Waals surface area contributed by atoms with E-state index in [2.05, 4.69) is 45.5 Å². The minimum Gasteiger partial charge on any atom is -0.357 e. The number of benzene rings is 1. The lowest BCUT2D eigenvalue weighted by atomic mass is 9.92. The van der Waals surface area contributed by atoms with Gasteiger partial charge in [-0.1, -0.05) is 54.8 Å². The zero-order chi connectivity index (χ0) is 25.8. The van der Waals surface area contributed by atoms with Crippen molar-refractivity contribution in [3.05, 3.63) is 58.7 Å². The highest BCUT2D eigenvalue weighted by molar-refractivity contribution is 6.32. The minimum atomic E-state index is -0.135. The lowest BCUT2D eigenvalue weighted by Crippen LogP contribution is -2.34. The SMILES string of the molecule is CN(C)C(=O)c1ccc(N2CCC(CCCNC(=O)CCCCCCc3ccccc3)CC2)nc1Cl. The standard InChI is InChI=1S/C29H41ClN4O2/c1-33(2)29(36)25-16-17-26(32-28(25)30)34-21-18-24(19-22-34)14-10-20-31-27(35)15-9-4-3-6-11-23-12-7-5-8-13-23/h5,7-8,12-13,16-17,24H,3-4,6,9-11,14-15,18-22H2,1-2H3,(H,31,35). The number of unbranched alkanes of at least 4 members (excludes halogenated alkanes) is 3. The number of carbonyl (C=O) groups is 2. The Morgan fingerprint density at radius 2 is 1.72 bits per heavy atom. The number of halogens is 1. The van der Waals surface area contributed by atoms with E-state index in [1.54, 1.807) is 20.2 Å². The number of piperidine rings is 1. The molecule has 0 aliphatic carbocycles. The average Bonchev–Trinajstić information content (AvgIpc) is 2.89. The van der Waals surface area contributed by atoms with Gasteiger partial charge in [-0.25, -0.2) is 4.98 Å². The van der Waals surface area contributed by atoms with Gasteiger partial charge in [0.2, 0.25) is 5.91 Å². The Kier molecular flexibility index (Phi) is 11.5. The van der Waals surface area contributed by atoms with Gasteiger partial charge in [0.05, 0.1) is 5.56 Å². The summed E-state index contributed by atoms with van der Waals surface area (Å²) in [5, 5.41) is 3.36. The van der Waals surface area contributed by atoms with Crippen molar-refractivity contribution in [1.29, 1.82) is 0 Å². The van der Waals surface area contributed by atoms with Crippen LogP contribution in [0, 0.1) is 5.92 Å². The molecule has 3 rings (SSSR count). The van der Waals surface area contributed by atoms with Crippen molar-refractivity contribution in [3.63, 3.8) is 0 Å². The summed E-state index contributed by atoms with van der Waals surface area (Å²) in [6, 6.07) is 14.3. The second-order valence-corrected chi connectivity index (χ2v) is 10.4. The molecule has 6 nitrogen and oxygen atoms in total. The van der Waals surface area contributed by atoms with Crippen LogP contribution in [0.2, 0.25) is 5.15 Å². The van der Waals surface area contributed by atoms with Crippen molar-refractivity contribution in [2.24, 2.45) is 5.92 Å². The predicted molar refractivity (Wildman–Crippen MR) is 148 cm³/mol. The van der Waals surface area contributed by atoms with Gasteiger partial charge in [-0.15, -0.1) is 0 Å². The summed E-state index contributed by atoms with van der Waals surface area (Å²) in [7, 11) is 3.41. The molecule has 0 unspecified atom stereocenters. The number of hydrogen-bond donors (Lipinski definition) is 1. The van der Waals surface area contributed by atoms with E-state index in [4.69, 9.17) is 11.6 Å². The molecule has 1 N–H and O–H groups in total. The van der Waals surface area contributed by atoms with Gasteiger partial charge in [0.1, 0.15) is 11.0 Å². The number of anilines is 1. The summed E-state index contributed by atoms with van der Waals surface area (Å²) < 4.78 is 0. The highest BCUT2D eigenvalue weighted by atomic mass is 35.5. The smallest absolute Gasteiger partial charge is 0.256 e. The van der Waals surface area contributed by atoms with Crippen LogP contribution in [-0.4, -0.2) is 55.4 Å². The number of pyridine rings is 1. The monoisotopic (exact) mass is 512 g/mol. The molecule has 0 bridgehead atoms. The van der Waals surface area contributed by atoms with Gasteiger partial charge in [-0.3, -0.25) is 9.59 Å². The van der Waals surface area contributed by atoms with Crippen LogP contribution in [0.25, 0.3) is 0 Å². The molecule has 2 amide bonds. The fourth-order valence-corrected chi connectivity index (χ4v) is 5.00. The van der Waals surface area contributed by atoms with Crippen molar-refractivity contribution in [2.45, 2.75) is 64.2 Å². The largest absolute Gasteiger partial charge is 0.357 e. The highest BCUT2D eigenvalue weighted by Crippen LogP contribution is 2.27. The molecule has 0 saturated carbocycles. The third-order valence-corrected chi connectivity index (χ3v) is 7.27. The summed E-state index contributed by atoms with van der Waals surface area (Å²) in [6.07, 6.45) is 10.6. The van der Waals surface area contributed by atoms with Crippen molar-refractivity contribution in [1.82, 2.24) is 15.2 Å². The third kappa shape index (κ3) is 9.12. The first-order chi connectivity index (χ1) is 17.4. The first kappa shape index (κ1) is 28.0. The number of rotatable bonds is 13. The van der Waals surface area contributed by atoms with E-state index < -0.39 is 0 Å². The topological polar surface area (TPSA) is 65.5 Å². The van der Waals surface area contributed by atoms with Crippen molar-refractivity contribution >= 4 is 29.2 Å². The molecular weight excluding hydrogens is 472 g/mol. The minimum absolute atomic E-state index is 0.135. The fourth-order valence-electron chi connectivity index (χ4n) is 4.77.